The number of hydrogen-bond donors (Lipinski definition) is 1. The molecule has 0 spiro atoms. The molecule has 0 radical (unpaired) electrons. The number of halogens is 1. The van der Waals surface area contributed by atoms with E-state index in [9.17, 15) is 5.11 Å². The van der Waals surface area contributed by atoms with E-state index in [2.05, 4.69) is 34.9 Å². The zero-order valence-corrected chi connectivity index (χ0v) is 10.5. The minimum Gasteiger partial charge on any atom is -0.387 e. The summed E-state index contributed by atoms with van der Waals surface area (Å²) in [5.41, 5.74) is 0.866. The lowest BCUT2D eigenvalue weighted by molar-refractivity contribution is 0.137. The zero-order valence-electron chi connectivity index (χ0n) is 8.87. The van der Waals surface area contributed by atoms with Gasteiger partial charge >= 0.3 is 0 Å². The minimum atomic E-state index is -0.424. The summed E-state index contributed by atoms with van der Waals surface area (Å²) < 4.78 is 2.60. The standard InChI is InChI=1S/C10H17BrN2O/c1-4-7(2)5-9(14)10-8(11)6-12-13(10)3/h6-7,9,14H,4-5H2,1-3H3. The Balaban J connectivity index is 2.73. The van der Waals surface area contributed by atoms with E-state index in [1.807, 2.05) is 7.05 Å². The summed E-state index contributed by atoms with van der Waals surface area (Å²) >= 11 is 3.39. The van der Waals surface area contributed by atoms with E-state index in [1.165, 1.54) is 0 Å². The van der Waals surface area contributed by atoms with Gasteiger partial charge in [0.25, 0.3) is 0 Å². The molecule has 0 aliphatic carbocycles. The first-order valence-electron chi connectivity index (χ1n) is 4.91. The maximum Gasteiger partial charge on any atom is 0.0970 e. The van der Waals surface area contributed by atoms with Gasteiger partial charge in [-0.25, -0.2) is 0 Å². The van der Waals surface area contributed by atoms with Crippen LogP contribution in [0.5, 0.6) is 0 Å². The predicted octanol–water partition coefficient (Wildman–Crippen LogP) is 2.65. The summed E-state index contributed by atoms with van der Waals surface area (Å²) in [6.07, 6.45) is 3.17. The highest BCUT2D eigenvalue weighted by atomic mass is 79.9. The molecule has 0 bridgehead atoms. The van der Waals surface area contributed by atoms with Gasteiger partial charge in [0.05, 0.1) is 22.5 Å². The second-order valence-electron chi connectivity index (χ2n) is 3.77. The highest BCUT2D eigenvalue weighted by Gasteiger charge is 2.17. The molecule has 1 heterocycles. The first kappa shape index (κ1) is 11.7. The van der Waals surface area contributed by atoms with Crippen molar-refractivity contribution < 1.29 is 5.11 Å². The van der Waals surface area contributed by atoms with Gasteiger partial charge in [0.1, 0.15) is 0 Å². The Labute approximate surface area is 93.3 Å². The van der Waals surface area contributed by atoms with Gasteiger partial charge in [-0.05, 0) is 28.3 Å². The monoisotopic (exact) mass is 260 g/mol. The third-order valence-electron chi connectivity index (χ3n) is 2.58. The van der Waals surface area contributed by atoms with Crippen LogP contribution in [0.1, 0.15) is 38.5 Å². The van der Waals surface area contributed by atoms with Crippen LogP contribution in [0.25, 0.3) is 0 Å². The molecular formula is C10H17BrN2O. The molecule has 1 rings (SSSR count). The molecular weight excluding hydrogens is 244 g/mol. The molecule has 14 heavy (non-hydrogen) atoms. The molecule has 2 atom stereocenters. The molecule has 1 aromatic heterocycles. The molecule has 3 nitrogen and oxygen atoms in total. The van der Waals surface area contributed by atoms with Crippen LogP contribution in [0.2, 0.25) is 0 Å². The topological polar surface area (TPSA) is 38.1 Å². The number of rotatable bonds is 4. The average molecular weight is 261 g/mol. The van der Waals surface area contributed by atoms with Gasteiger partial charge in [0, 0.05) is 7.05 Å². The second kappa shape index (κ2) is 4.94. The number of aromatic nitrogens is 2. The predicted molar refractivity (Wildman–Crippen MR) is 59.9 cm³/mol. The SMILES string of the molecule is CCC(C)CC(O)c1c(Br)cnn1C. The average Bonchev–Trinajstić information content (AvgIpc) is 2.46. The normalized spacial score (nSPS) is 15.5. The molecule has 0 saturated heterocycles. The molecule has 0 aliphatic rings. The lowest BCUT2D eigenvalue weighted by Crippen LogP contribution is -2.09. The molecule has 4 heteroatoms. The highest BCUT2D eigenvalue weighted by Crippen LogP contribution is 2.27. The lowest BCUT2D eigenvalue weighted by atomic mass is 9.99. The van der Waals surface area contributed by atoms with Crippen molar-refractivity contribution in [2.75, 3.05) is 0 Å². The Bertz CT molecular complexity index is 279. The summed E-state index contributed by atoms with van der Waals surface area (Å²) in [5, 5.41) is 14.1. The minimum absolute atomic E-state index is 0.424. The Morgan fingerprint density at radius 3 is 2.71 bits per heavy atom. The van der Waals surface area contributed by atoms with E-state index in [0.29, 0.717) is 5.92 Å². The van der Waals surface area contributed by atoms with Crippen LogP contribution in [-0.4, -0.2) is 14.9 Å². The maximum absolute atomic E-state index is 9.98. The number of aliphatic hydroxyl groups is 1. The largest absolute Gasteiger partial charge is 0.387 e. The van der Waals surface area contributed by atoms with Crippen LogP contribution in [0.3, 0.4) is 0 Å². The number of nitrogens with zero attached hydrogens (tertiary/aromatic N) is 2. The molecule has 0 aliphatic heterocycles. The van der Waals surface area contributed by atoms with Crippen molar-refractivity contribution in [1.82, 2.24) is 9.78 Å². The van der Waals surface area contributed by atoms with E-state index >= 15 is 0 Å². The Kier molecular flexibility index (Phi) is 4.13. The molecule has 1 N–H and O–H groups in total. The van der Waals surface area contributed by atoms with Crippen molar-refractivity contribution >= 4 is 15.9 Å². The zero-order chi connectivity index (χ0) is 10.7. The fraction of sp³-hybridized carbons (Fsp3) is 0.700. The number of hydrogen-bond acceptors (Lipinski definition) is 2. The lowest BCUT2D eigenvalue weighted by Gasteiger charge is -2.15. The van der Waals surface area contributed by atoms with Crippen molar-refractivity contribution in [1.29, 1.82) is 0 Å². The molecule has 1 aromatic rings. The van der Waals surface area contributed by atoms with Crippen LogP contribution in [0, 0.1) is 5.92 Å². The third kappa shape index (κ3) is 2.58. The van der Waals surface area contributed by atoms with Crippen LogP contribution >= 0.6 is 15.9 Å². The second-order valence-corrected chi connectivity index (χ2v) is 4.62. The molecule has 0 saturated carbocycles. The Morgan fingerprint density at radius 2 is 2.29 bits per heavy atom. The number of aliphatic hydroxyl groups excluding tert-OH is 1. The van der Waals surface area contributed by atoms with E-state index in [0.717, 1.165) is 23.0 Å². The van der Waals surface area contributed by atoms with Crippen molar-refractivity contribution in [2.24, 2.45) is 13.0 Å². The van der Waals surface area contributed by atoms with E-state index in [4.69, 9.17) is 0 Å². The van der Waals surface area contributed by atoms with Crippen molar-refractivity contribution in [3.8, 4) is 0 Å². The van der Waals surface area contributed by atoms with E-state index in [1.54, 1.807) is 10.9 Å². The quantitative estimate of drug-likeness (QED) is 0.904. The molecule has 0 aromatic carbocycles. The third-order valence-corrected chi connectivity index (χ3v) is 3.19. The van der Waals surface area contributed by atoms with Crippen LogP contribution in [-0.2, 0) is 7.05 Å². The van der Waals surface area contributed by atoms with Gasteiger partial charge in [0.2, 0.25) is 0 Å². The fourth-order valence-corrected chi connectivity index (χ4v) is 2.07. The first-order chi connectivity index (χ1) is 6.56. The van der Waals surface area contributed by atoms with Crippen LogP contribution in [0.15, 0.2) is 10.7 Å². The summed E-state index contributed by atoms with van der Waals surface area (Å²) in [4.78, 5) is 0. The summed E-state index contributed by atoms with van der Waals surface area (Å²) in [6.45, 7) is 4.28. The van der Waals surface area contributed by atoms with Gasteiger partial charge in [-0.15, -0.1) is 0 Å². The molecule has 2 unspecified atom stereocenters. The Morgan fingerprint density at radius 1 is 1.64 bits per heavy atom. The summed E-state index contributed by atoms with van der Waals surface area (Å²) in [6, 6.07) is 0. The van der Waals surface area contributed by atoms with Crippen molar-refractivity contribution in [2.45, 2.75) is 32.8 Å². The fourth-order valence-electron chi connectivity index (χ4n) is 1.45. The smallest absolute Gasteiger partial charge is 0.0970 e. The van der Waals surface area contributed by atoms with Gasteiger partial charge in [0.15, 0.2) is 0 Å². The van der Waals surface area contributed by atoms with Gasteiger partial charge in [-0.2, -0.15) is 5.10 Å². The van der Waals surface area contributed by atoms with Gasteiger partial charge in [-0.3, -0.25) is 4.68 Å². The number of aryl methyl sites for hydroxylation is 1. The summed E-state index contributed by atoms with van der Waals surface area (Å²) in [7, 11) is 1.85. The van der Waals surface area contributed by atoms with Gasteiger partial charge in [-0.1, -0.05) is 20.3 Å². The van der Waals surface area contributed by atoms with Crippen molar-refractivity contribution in [3.63, 3.8) is 0 Å². The summed E-state index contributed by atoms with van der Waals surface area (Å²) in [5.74, 6) is 0.534. The molecule has 80 valence electrons. The van der Waals surface area contributed by atoms with Crippen LogP contribution < -0.4 is 0 Å². The maximum atomic E-state index is 9.98. The van der Waals surface area contributed by atoms with Gasteiger partial charge < -0.3 is 5.11 Å². The highest BCUT2D eigenvalue weighted by molar-refractivity contribution is 9.10. The van der Waals surface area contributed by atoms with E-state index < -0.39 is 6.10 Å². The first-order valence-corrected chi connectivity index (χ1v) is 5.71. The van der Waals surface area contributed by atoms with E-state index in [-0.39, 0.29) is 0 Å². The van der Waals surface area contributed by atoms with Crippen LogP contribution in [0.4, 0.5) is 0 Å². The van der Waals surface area contributed by atoms with Crippen molar-refractivity contribution in [3.05, 3.63) is 16.4 Å². The molecule has 0 fully saturated rings. The molecule has 0 amide bonds. The Hall–Kier alpha value is -0.350.